The number of hydrogen-bond acceptors (Lipinski definition) is 5. The highest BCUT2D eigenvalue weighted by Crippen LogP contribution is 2.72. The van der Waals surface area contributed by atoms with Crippen molar-refractivity contribution in [2.75, 3.05) is 7.11 Å². The Morgan fingerprint density at radius 1 is 0.961 bits per heavy atom. The molecule has 4 aliphatic carbocycles. The fourth-order valence-electron chi connectivity index (χ4n) is 11.6. The van der Waals surface area contributed by atoms with Crippen molar-refractivity contribution in [3.8, 4) is 11.5 Å². The molecule has 0 radical (unpaired) electrons. The van der Waals surface area contributed by atoms with E-state index in [9.17, 15) is 15.0 Å². The van der Waals surface area contributed by atoms with Gasteiger partial charge >= 0.3 is 0 Å². The summed E-state index contributed by atoms with van der Waals surface area (Å²) in [6.45, 7) is 25.3. The monoisotopic (exact) mass is 701 g/mol. The number of methoxy groups -OCH3 is 1. The van der Waals surface area contributed by atoms with E-state index in [1.807, 2.05) is 31.1 Å². The highest BCUT2D eigenvalue weighted by Gasteiger charge is 2.63. The molecule has 2 saturated carbocycles. The summed E-state index contributed by atoms with van der Waals surface area (Å²) in [6.07, 6.45) is 17.8. The van der Waals surface area contributed by atoms with Crippen LogP contribution in [0.4, 0.5) is 0 Å². The lowest BCUT2D eigenvalue weighted by atomic mass is 9.43. The second-order valence-electron chi connectivity index (χ2n) is 18.6. The highest BCUT2D eigenvalue weighted by atomic mass is 16.5. The Hall–Kier alpha value is -2.79. The van der Waals surface area contributed by atoms with Crippen LogP contribution in [0.3, 0.4) is 0 Å². The Kier molecular flexibility index (Phi) is 11.3. The average molecular weight is 701 g/mol. The summed E-state index contributed by atoms with van der Waals surface area (Å²) in [4.78, 5) is 12.0. The summed E-state index contributed by atoms with van der Waals surface area (Å²) < 4.78 is 11.0. The van der Waals surface area contributed by atoms with Crippen LogP contribution in [0.1, 0.15) is 145 Å². The number of aliphatic hydroxyl groups excluding tert-OH is 1. The lowest BCUT2D eigenvalue weighted by Gasteiger charge is -2.62. The number of aromatic hydroxyl groups is 1. The van der Waals surface area contributed by atoms with E-state index >= 15 is 0 Å². The molecule has 6 rings (SSSR count). The summed E-state index contributed by atoms with van der Waals surface area (Å²) in [5.41, 5.74) is 8.48. The number of benzene rings is 1. The standard InChI is InChI=1S/C30H50O.C16H18O4/c1-20(2)10-9-11-21(3)22-14-18-30(8)24-12-13-25-27(4,5)26(31)16-17-28(25,6)23(24)15-19-29(22,30)7;1-9(2)5-6-11-14(19-4)8-13(18)15-12(17)7-10(3)20-16(11)15/h10,21-22,25-26,31H,9,11-19H2,1-8H3;5,7-8,18H,6H2,1-4H3. The third-order valence-electron chi connectivity index (χ3n) is 14.8. The van der Waals surface area contributed by atoms with Gasteiger partial charge in [-0.05, 0) is 145 Å². The number of allylic oxidation sites excluding steroid dienone is 6. The van der Waals surface area contributed by atoms with Crippen LogP contribution in [-0.4, -0.2) is 23.4 Å². The number of phenolic OH excluding ortho intramolecular Hbond substituents is 1. The number of ether oxygens (including phenoxy) is 1. The van der Waals surface area contributed by atoms with Crippen molar-refractivity contribution >= 4 is 11.0 Å². The van der Waals surface area contributed by atoms with Gasteiger partial charge in [0.05, 0.1) is 13.2 Å². The number of fused-ring (bicyclic) bond motifs is 5. The first-order chi connectivity index (χ1) is 23.8. The zero-order valence-corrected chi connectivity index (χ0v) is 34.0. The second kappa shape index (κ2) is 14.6. The first-order valence-corrected chi connectivity index (χ1v) is 19.8. The minimum atomic E-state index is -0.248. The fraction of sp³-hybridized carbons (Fsp3) is 0.674. The van der Waals surface area contributed by atoms with Crippen LogP contribution in [0.25, 0.3) is 11.0 Å². The molecule has 1 aromatic heterocycles. The van der Waals surface area contributed by atoms with Crippen molar-refractivity contribution in [1.82, 2.24) is 0 Å². The average Bonchev–Trinajstić information content (AvgIpc) is 3.33. The van der Waals surface area contributed by atoms with E-state index in [1.54, 1.807) is 6.92 Å². The van der Waals surface area contributed by atoms with Gasteiger partial charge in [0.2, 0.25) is 0 Å². The maximum Gasteiger partial charge on any atom is 0.196 e. The molecule has 5 nitrogen and oxygen atoms in total. The summed E-state index contributed by atoms with van der Waals surface area (Å²) in [5, 5.41) is 21.0. The first-order valence-electron chi connectivity index (χ1n) is 19.8. The Labute approximate surface area is 308 Å². The van der Waals surface area contributed by atoms with E-state index in [0.29, 0.717) is 45.7 Å². The molecule has 2 aromatic rings. The summed E-state index contributed by atoms with van der Waals surface area (Å²) in [5.74, 6) is 3.23. The van der Waals surface area contributed by atoms with Crippen molar-refractivity contribution in [2.24, 2.45) is 39.4 Å². The van der Waals surface area contributed by atoms with E-state index in [4.69, 9.17) is 9.15 Å². The van der Waals surface area contributed by atoms with Gasteiger partial charge in [0.25, 0.3) is 0 Å². The van der Waals surface area contributed by atoms with E-state index in [0.717, 1.165) is 29.4 Å². The predicted molar refractivity (Wildman–Crippen MR) is 211 cm³/mol. The molecule has 5 heteroatoms. The Bertz CT molecular complexity index is 1760. The summed E-state index contributed by atoms with van der Waals surface area (Å²) in [7, 11) is 1.53. The van der Waals surface area contributed by atoms with E-state index in [1.165, 1.54) is 82.6 Å². The molecule has 0 bridgehead atoms. The molecule has 2 fully saturated rings. The third kappa shape index (κ3) is 6.91. The van der Waals surface area contributed by atoms with Crippen LogP contribution < -0.4 is 10.2 Å². The second-order valence-corrected chi connectivity index (χ2v) is 18.6. The number of aliphatic hydroxyl groups is 1. The van der Waals surface area contributed by atoms with Crippen LogP contribution in [-0.2, 0) is 6.42 Å². The quantitative estimate of drug-likeness (QED) is 0.281. The van der Waals surface area contributed by atoms with Gasteiger partial charge in [0.15, 0.2) is 5.43 Å². The van der Waals surface area contributed by atoms with Crippen LogP contribution in [0, 0.1) is 46.3 Å². The zero-order chi connectivity index (χ0) is 37.7. The van der Waals surface area contributed by atoms with Gasteiger partial charge in [-0.3, -0.25) is 4.79 Å². The molecular weight excluding hydrogens is 633 g/mol. The maximum absolute atomic E-state index is 12.0. The Morgan fingerprint density at radius 2 is 1.65 bits per heavy atom. The van der Waals surface area contributed by atoms with Gasteiger partial charge in [-0.25, -0.2) is 0 Å². The largest absolute Gasteiger partial charge is 0.507 e. The topological polar surface area (TPSA) is 79.9 Å². The smallest absolute Gasteiger partial charge is 0.196 e. The molecule has 7 atom stereocenters. The lowest BCUT2D eigenvalue weighted by molar-refractivity contribution is -0.0962. The van der Waals surface area contributed by atoms with Gasteiger partial charge in [-0.2, -0.15) is 0 Å². The first kappa shape index (κ1) is 39.4. The molecule has 2 N–H and O–H groups in total. The summed E-state index contributed by atoms with van der Waals surface area (Å²) in [6, 6.07) is 2.84. The minimum absolute atomic E-state index is 0.0465. The maximum atomic E-state index is 12.0. The molecule has 282 valence electrons. The minimum Gasteiger partial charge on any atom is -0.507 e. The normalized spacial score (nSPS) is 31.4. The molecule has 1 aromatic carbocycles. The zero-order valence-electron chi connectivity index (χ0n) is 34.0. The van der Waals surface area contributed by atoms with Crippen LogP contribution in [0.5, 0.6) is 11.5 Å². The Morgan fingerprint density at radius 3 is 2.29 bits per heavy atom. The predicted octanol–water partition coefficient (Wildman–Crippen LogP) is 11.8. The molecule has 4 aliphatic rings. The van der Waals surface area contributed by atoms with Gasteiger partial charge < -0.3 is 19.4 Å². The van der Waals surface area contributed by atoms with Crippen molar-refractivity contribution in [2.45, 2.75) is 153 Å². The van der Waals surface area contributed by atoms with Gasteiger partial charge in [-0.15, -0.1) is 0 Å². The molecule has 0 saturated heterocycles. The van der Waals surface area contributed by atoms with Crippen molar-refractivity contribution in [3.63, 3.8) is 0 Å². The van der Waals surface area contributed by atoms with Gasteiger partial charge in [-0.1, -0.05) is 76.0 Å². The van der Waals surface area contributed by atoms with Crippen LogP contribution >= 0.6 is 0 Å². The van der Waals surface area contributed by atoms with Crippen LogP contribution in [0.2, 0.25) is 0 Å². The lowest BCUT2D eigenvalue weighted by Crippen LogP contribution is -2.55. The molecule has 7 unspecified atom stereocenters. The Balaban J connectivity index is 0.000000218. The molecule has 0 amide bonds. The van der Waals surface area contributed by atoms with Crippen LogP contribution in [0.15, 0.2) is 55.8 Å². The van der Waals surface area contributed by atoms with E-state index in [-0.39, 0.29) is 28.1 Å². The highest BCUT2D eigenvalue weighted by molar-refractivity contribution is 5.88. The summed E-state index contributed by atoms with van der Waals surface area (Å²) >= 11 is 0. The molecule has 1 heterocycles. The van der Waals surface area contributed by atoms with Crippen molar-refractivity contribution in [1.29, 1.82) is 0 Å². The molecule has 51 heavy (non-hydrogen) atoms. The van der Waals surface area contributed by atoms with Crippen molar-refractivity contribution in [3.05, 3.63) is 68.1 Å². The molecule has 0 aliphatic heterocycles. The number of hydrogen-bond donors (Lipinski definition) is 2. The molecular formula is C46H68O5. The van der Waals surface area contributed by atoms with Crippen molar-refractivity contribution < 1.29 is 19.4 Å². The third-order valence-corrected chi connectivity index (χ3v) is 14.8. The fourth-order valence-corrected chi connectivity index (χ4v) is 11.6. The number of rotatable bonds is 7. The van der Waals surface area contributed by atoms with Gasteiger partial charge in [0, 0.05) is 17.7 Å². The van der Waals surface area contributed by atoms with Gasteiger partial charge in [0.1, 0.15) is 28.2 Å². The SMILES string of the molecule is CC(C)=CCCC(C)C1CCC2(C)C3=C(CCC12C)C1(C)CCC(O)C(C)(C)C1CC3.COc1cc(O)c2c(=O)cc(C)oc2c1CC=C(C)C. The van der Waals surface area contributed by atoms with E-state index < -0.39 is 0 Å². The number of phenols is 1. The number of aryl methyl sites for hydroxylation is 1. The molecule has 0 spiro atoms. The van der Waals surface area contributed by atoms with E-state index in [2.05, 4.69) is 61.5 Å².